The summed E-state index contributed by atoms with van der Waals surface area (Å²) in [5, 5.41) is 0.659. The lowest BCUT2D eigenvalue weighted by Gasteiger charge is -2.10. The Labute approximate surface area is 162 Å². The lowest BCUT2D eigenvalue weighted by Crippen LogP contribution is -2.07. The van der Waals surface area contributed by atoms with Crippen molar-refractivity contribution in [3.8, 4) is 0 Å². The summed E-state index contributed by atoms with van der Waals surface area (Å²) in [5.41, 5.74) is 3.66. The largest absolute Gasteiger partial charge is 0.344 e. The van der Waals surface area contributed by atoms with Crippen LogP contribution in [0.5, 0.6) is 0 Å². The summed E-state index contributed by atoms with van der Waals surface area (Å²) >= 11 is 7.60. The van der Waals surface area contributed by atoms with Gasteiger partial charge in [0.2, 0.25) is 0 Å². The normalized spacial score (nSPS) is 10.9. The van der Waals surface area contributed by atoms with E-state index < -0.39 is 0 Å². The van der Waals surface area contributed by atoms with Gasteiger partial charge in [-0.05, 0) is 49.7 Å². The second-order valence-electron chi connectivity index (χ2n) is 6.14. The minimum atomic E-state index is -0.248. The van der Waals surface area contributed by atoms with Crippen LogP contribution in [0.2, 0.25) is 5.02 Å². The second-order valence-corrected chi connectivity index (χ2v) is 7.56. The second kappa shape index (κ2) is 8.11. The van der Waals surface area contributed by atoms with E-state index in [0.29, 0.717) is 17.3 Å². The minimum Gasteiger partial charge on any atom is -0.344 e. The highest BCUT2D eigenvalue weighted by Gasteiger charge is 2.16. The quantitative estimate of drug-likeness (QED) is 0.387. The monoisotopic (exact) mass is 387 g/mol. The number of aromatic nitrogens is 1. The van der Waals surface area contributed by atoms with Gasteiger partial charge < -0.3 is 4.57 Å². The molecule has 26 heavy (non-hydrogen) atoms. The summed E-state index contributed by atoms with van der Waals surface area (Å²) in [7, 11) is 0. The van der Waals surface area contributed by atoms with Gasteiger partial charge in [0.05, 0.1) is 10.8 Å². The zero-order chi connectivity index (χ0) is 18.7. The topological polar surface area (TPSA) is 22.0 Å². The van der Waals surface area contributed by atoms with Crippen LogP contribution in [0.15, 0.2) is 59.5 Å². The number of thioether (sulfide) groups is 1. The number of halogens is 2. The number of Topliss-reactive ketones (excluding diaryl/α,β-unsaturated/α-hetero) is 1. The van der Waals surface area contributed by atoms with E-state index in [-0.39, 0.29) is 11.6 Å². The van der Waals surface area contributed by atoms with Crippen LogP contribution in [-0.4, -0.2) is 16.1 Å². The van der Waals surface area contributed by atoms with Crippen molar-refractivity contribution < 1.29 is 9.18 Å². The molecule has 2 aromatic carbocycles. The molecule has 0 saturated heterocycles. The van der Waals surface area contributed by atoms with Gasteiger partial charge in [0.25, 0.3) is 0 Å². The molecule has 3 aromatic rings. The minimum absolute atomic E-state index is 0.0772. The Balaban J connectivity index is 1.75. The van der Waals surface area contributed by atoms with Crippen molar-refractivity contribution in [2.24, 2.45) is 0 Å². The van der Waals surface area contributed by atoms with E-state index in [1.54, 1.807) is 12.1 Å². The van der Waals surface area contributed by atoms with Gasteiger partial charge in [-0.3, -0.25) is 4.79 Å². The number of aryl methyl sites for hydroxylation is 1. The van der Waals surface area contributed by atoms with Crippen LogP contribution in [-0.2, 0) is 6.54 Å². The van der Waals surface area contributed by atoms with Gasteiger partial charge in [0, 0.05) is 28.4 Å². The molecule has 0 N–H and O–H groups in total. The van der Waals surface area contributed by atoms with Gasteiger partial charge >= 0.3 is 0 Å². The molecule has 0 unspecified atom stereocenters. The molecule has 2 nitrogen and oxygen atoms in total. The van der Waals surface area contributed by atoms with Crippen LogP contribution in [0.4, 0.5) is 4.39 Å². The Bertz CT molecular complexity index is 934. The third kappa shape index (κ3) is 4.19. The van der Waals surface area contributed by atoms with Crippen LogP contribution >= 0.6 is 23.4 Å². The number of hydrogen-bond acceptors (Lipinski definition) is 2. The van der Waals surface area contributed by atoms with Crippen molar-refractivity contribution >= 4 is 29.1 Å². The molecule has 0 bridgehead atoms. The number of benzene rings is 2. The van der Waals surface area contributed by atoms with E-state index in [1.165, 1.54) is 23.9 Å². The van der Waals surface area contributed by atoms with Crippen molar-refractivity contribution in [3.05, 3.63) is 88.0 Å². The molecule has 0 aliphatic rings. The standard InChI is InChI=1S/C21H19ClFNOS/c1-14-11-18(20(25)13-26-21-6-4-3-5-19(21)22)15(2)24(14)12-16-7-9-17(23)10-8-16/h3-11H,12-13H2,1-2H3. The highest BCUT2D eigenvalue weighted by Crippen LogP contribution is 2.28. The van der Waals surface area contributed by atoms with Gasteiger partial charge in [-0.25, -0.2) is 4.39 Å². The van der Waals surface area contributed by atoms with Crippen molar-refractivity contribution in [1.82, 2.24) is 4.57 Å². The maximum Gasteiger partial charge on any atom is 0.174 e. The number of ketones is 1. The average Bonchev–Trinajstić information content (AvgIpc) is 2.91. The summed E-state index contributed by atoms with van der Waals surface area (Å²) in [6.45, 7) is 4.54. The Morgan fingerprint density at radius 2 is 1.81 bits per heavy atom. The van der Waals surface area contributed by atoms with Crippen molar-refractivity contribution in [1.29, 1.82) is 0 Å². The van der Waals surface area contributed by atoms with Gasteiger partial charge in [-0.1, -0.05) is 35.9 Å². The molecule has 1 heterocycles. The first-order valence-corrected chi connectivity index (χ1v) is 9.64. The fourth-order valence-electron chi connectivity index (χ4n) is 2.88. The van der Waals surface area contributed by atoms with E-state index in [0.717, 1.165) is 27.4 Å². The maximum atomic E-state index is 13.1. The molecular weight excluding hydrogens is 369 g/mol. The SMILES string of the molecule is Cc1cc(C(=O)CSc2ccccc2Cl)c(C)n1Cc1ccc(F)cc1. The molecule has 0 aliphatic heterocycles. The Morgan fingerprint density at radius 1 is 1.12 bits per heavy atom. The van der Waals surface area contributed by atoms with E-state index >= 15 is 0 Å². The summed E-state index contributed by atoms with van der Waals surface area (Å²) in [5.74, 6) is 0.167. The maximum absolute atomic E-state index is 13.1. The lowest BCUT2D eigenvalue weighted by molar-refractivity contribution is 0.102. The van der Waals surface area contributed by atoms with E-state index in [4.69, 9.17) is 11.6 Å². The zero-order valence-corrected chi connectivity index (χ0v) is 16.2. The molecular formula is C21H19ClFNOS. The van der Waals surface area contributed by atoms with Gasteiger partial charge in [0.15, 0.2) is 5.78 Å². The molecule has 0 amide bonds. The number of carbonyl (C=O) groups is 1. The Hall–Kier alpha value is -2.04. The van der Waals surface area contributed by atoms with Crippen LogP contribution in [0.1, 0.15) is 27.3 Å². The Morgan fingerprint density at radius 3 is 2.50 bits per heavy atom. The van der Waals surface area contributed by atoms with Gasteiger partial charge in [-0.2, -0.15) is 0 Å². The molecule has 5 heteroatoms. The van der Waals surface area contributed by atoms with Gasteiger partial charge in [0.1, 0.15) is 5.82 Å². The predicted octanol–water partition coefficient (Wildman–Crippen LogP) is 5.92. The molecule has 0 radical (unpaired) electrons. The smallest absolute Gasteiger partial charge is 0.174 e. The molecule has 1 aromatic heterocycles. The fraction of sp³-hybridized carbons (Fsp3) is 0.190. The van der Waals surface area contributed by atoms with Crippen LogP contribution < -0.4 is 0 Å². The number of nitrogens with zero attached hydrogens (tertiary/aromatic N) is 1. The van der Waals surface area contributed by atoms with E-state index in [9.17, 15) is 9.18 Å². The highest BCUT2D eigenvalue weighted by atomic mass is 35.5. The van der Waals surface area contributed by atoms with Crippen molar-refractivity contribution in [3.63, 3.8) is 0 Å². The lowest BCUT2D eigenvalue weighted by atomic mass is 10.2. The van der Waals surface area contributed by atoms with E-state index in [1.807, 2.05) is 44.2 Å². The first-order valence-electron chi connectivity index (χ1n) is 8.27. The van der Waals surface area contributed by atoms with Crippen LogP contribution in [0.25, 0.3) is 0 Å². The molecule has 0 spiro atoms. The highest BCUT2D eigenvalue weighted by molar-refractivity contribution is 8.00. The molecule has 3 rings (SSSR count). The van der Waals surface area contributed by atoms with Crippen LogP contribution in [0, 0.1) is 19.7 Å². The zero-order valence-electron chi connectivity index (χ0n) is 14.6. The third-order valence-electron chi connectivity index (χ3n) is 4.32. The Kier molecular flexibility index (Phi) is 5.84. The van der Waals surface area contributed by atoms with E-state index in [2.05, 4.69) is 4.57 Å². The third-order valence-corrected chi connectivity index (χ3v) is 5.84. The molecule has 0 saturated carbocycles. The van der Waals surface area contributed by atoms with Crippen molar-refractivity contribution in [2.45, 2.75) is 25.3 Å². The summed E-state index contributed by atoms with van der Waals surface area (Å²) in [6, 6.07) is 15.9. The molecule has 0 aliphatic carbocycles. The fourth-order valence-corrected chi connectivity index (χ4v) is 4.00. The number of hydrogen-bond donors (Lipinski definition) is 0. The van der Waals surface area contributed by atoms with Crippen LogP contribution in [0.3, 0.4) is 0 Å². The van der Waals surface area contributed by atoms with Crippen molar-refractivity contribution in [2.75, 3.05) is 5.75 Å². The molecule has 134 valence electrons. The summed E-state index contributed by atoms with van der Waals surface area (Å²) < 4.78 is 15.2. The number of carbonyl (C=O) groups excluding carboxylic acids is 1. The predicted molar refractivity (Wildman–Crippen MR) is 106 cm³/mol. The molecule has 0 fully saturated rings. The first kappa shape index (κ1) is 18.7. The number of rotatable bonds is 6. The van der Waals surface area contributed by atoms with Gasteiger partial charge in [-0.15, -0.1) is 11.8 Å². The molecule has 0 atom stereocenters. The average molecular weight is 388 g/mol. The summed E-state index contributed by atoms with van der Waals surface area (Å²) in [4.78, 5) is 13.6. The summed E-state index contributed by atoms with van der Waals surface area (Å²) in [6.07, 6.45) is 0. The first-order chi connectivity index (χ1) is 12.5.